The van der Waals surface area contributed by atoms with Crippen molar-refractivity contribution in [3.63, 3.8) is 0 Å². The molecule has 1 saturated heterocycles. The average Bonchev–Trinajstić information content (AvgIpc) is 2.86. The zero-order valence-corrected chi connectivity index (χ0v) is 23.2. The van der Waals surface area contributed by atoms with Gasteiger partial charge >= 0.3 is 0 Å². The lowest BCUT2D eigenvalue weighted by molar-refractivity contribution is -0.124. The van der Waals surface area contributed by atoms with E-state index in [4.69, 9.17) is 4.74 Å². The molecular formula is C26H27IN4O5S. The molecule has 2 amide bonds. The third kappa shape index (κ3) is 7.73. The molecule has 11 heteroatoms. The standard InChI is InChI=1S/C26H27IN4O5S/c1-37(34,35)17-19-6-5-18(14-24(19)36-13-12-31-11-10-29-25(32)16-31)26(33)30-20-7-8-22(27)21(15-20)23-4-2-3-9-28-23/h2-9,14-15H,10-13,16-17H2,1H3,(H,29,32)(H,30,33). The van der Waals surface area contributed by atoms with Crippen LogP contribution < -0.4 is 15.4 Å². The van der Waals surface area contributed by atoms with Gasteiger partial charge in [-0.3, -0.25) is 19.5 Å². The fraction of sp³-hybridized carbons (Fsp3) is 0.269. The minimum Gasteiger partial charge on any atom is -0.492 e. The lowest BCUT2D eigenvalue weighted by Crippen LogP contribution is -2.48. The van der Waals surface area contributed by atoms with E-state index in [1.165, 1.54) is 0 Å². The second kappa shape index (κ2) is 12.0. The molecule has 1 aliphatic heterocycles. The first kappa shape index (κ1) is 27.0. The number of pyridine rings is 1. The van der Waals surface area contributed by atoms with Crippen LogP contribution in [0.4, 0.5) is 5.69 Å². The predicted octanol–water partition coefficient (Wildman–Crippen LogP) is 2.96. The zero-order valence-electron chi connectivity index (χ0n) is 20.2. The van der Waals surface area contributed by atoms with Gasteiger partial charge in [-0.05, 0) is 65.1 Å². The molecule has 9 nitrogen and oxygen atoms in total. The molecule has 0 atom stereocenters. The fourth-order valence-electron chi connectivity index (χ4n) is 3.92. The molecule has 2 heterocycles. The number of sulfone groups is 1. The number of hydrogen-bond donors (Lipinski definition) is 2. The quantitative estimate of drug-likeness (QED) is 0.348. The van der Waals surface area contributed by atoms with Gasteiger partial charge in [0.25, 0.3) is 5.91 Å². The maximum atomic E-state index is 13.1. The molecule has 1 fully saturated rings. The number of rotatable bonds is 9. The number of nitrogens with one attached hydrogen (secondary N) is 2. The second-order valence-electron chi connectivity index (χ2n) is 8.73. The minimum atomic E-state index is -3.32. The molecule has 1 aromatic heterocycles. The van der Waals surface area contributed by atoms with Crippen LogP contribution in [0.1, 0.15) is 15.9 Å². The molecule has 37 heavy (non-hydrogen) atoms. The highest BCUT2D eigenvalue weighted by atomic mass is 127. The van der Waals surface area contributed by atoms with Crippen LogP contribution >= 0.6 is 22.6 Å². The number of ether oxygens (including phenoxy) is 1. The number of hydrogen-bond acceptors (Lipinski definition) is 7. The van der Waals surface area contributed by atoms with Crippen LogP contribution in [0.3, 0.4) is 0 Å². The molecule has 0 unspecified atom stereocenters. The van der Waals surface area contributed by atoms with Gasteiger partial charge < -0.3 is 15.4 Å². The van der Waals surface area contributed by atoms with E-state index in [9.17, 15) is 18.0 Å². The van der Waals surface area contributed by atoms with Crippen molar-refractivity contribution in [2.24, 2.45) is 0 Å². The van der Waals surface area contributed by atoms with E-state index in [0.717, 1.165) is 21.1 Å². The first-order chi connectivity index (χ1) is 17.7. The van der Waals surface area contributed by atoms with E-state index < -0.39 is 9.84 Å². The lowest BCUT2D eigenvalue weighted by atomic mass is 10.1. The summed E-state index contributed by atoms with van der Waals surface area (Å²) in [6.07, 6.45) is 2.87. The summed E-state index contributed by atoms with van der Waals surface area (Å²) in [6, 6.07) is 16.0. The fourth-order valence-corrected chi connectivity index (χ4v) is 5.34. The summed E-state index contributed by atoms with van der Waals surface area (Å²) in [7, 11) is -3.32. The van der Waals surface area contributed by atoms with Crippen molar-refractivity contribution in [1.82, 2.24) is 15.2 Å². The Morgan fingerprint density at radius 3 is 2.76 bits per heavy atom. The molecule has 1 aliphatic rings. The highest BCUT2D eigenvalue weighted by molar-refractivity contribution is 14.1. The number of nitrogens with zero attached hydrogens (tertiary/aromatic N) is 2. The molecule has 4 rings (SSSR count). The Balaban J connectivity index is 1.51. The van der Waals surface area contributed by atoms with Gasteiger partial charge in [0, 0.05) is 58.0 Å². The van der Waals surface area contributed by atoms with Crippen molar-refractivity contribution < 1.29 is 22.7 Å². The van der Waals surface area contributed by atoms with Gasteiger partial charge in [0.1, 0.15) is 12.4 Å². The second-order valence-corrected chi connectivity index (χ2v) is 12.0. The van der Waals surface area contributed by atoms with Crippen LogP contribution in [0, 0.1) is 3.57 Å². The van der Waals surface area contributed by atoms with E-state index in [0.29, 0.717) is 48.7 Å². The third-order valence-electron chi connectivity index (χ3n) is 5.69. The molecular weight excluding hydrogens is 607 g/mol. The molecule has 2 aromatic carbocycles. The molecule has 0 aliphatic carbocycles. The molecule has 2 N–H and O–H groups in total. The number of anilines is 1. The summed E-state index contributed by atoms with van der Waals surface area (Å²) < 4.78 is 30.8. The molecule has 0 spiro atoms. The van der Waals surface area contributed by atoms with Crippen LogP contribution in [-0.4, -0.2) is 69.2 Å². The summed E-state index contributed by atoms with van der Waals surface area (Å²) in [5.74, 6) is -0.265. The number of halogens is 1. The zero-order chi connectivity index (χ0) is 26.4. The van der Waals surface area contributed by atoms with Crippen LogP contribution in [0.2, 0.25) is 0 Å². The van der Waals surface area contributed by atoms with Crippen molar-refractivity contribution in [3.05, 3.63) is 75.5 Å². The van der Waals surface area contributed by atoms with E-state index >= 15 is 0 Å². The summed E-state index contributed by atoms with van der Waals surface area (Å²) in [5, 5.41) is 5.68. The SMILES string of the molecule is CS(=O)(=O)Cc1ccc(C(=O)Nc2ccc(I)c(-c3ccccn3)c2)cc1OCCN1CCNC(=O)C1. The Bertz CT molecular complexity index is 1400. The van der Waals surface area contributed by atoms with Gasteiger partial charge in [-0.1, -0.05) is 12.1 Å². The Labute approximate surface area is 229 Å². The Hall–Kier alpha value is -3.03. The van der Waals surface area contributed by atoms with Gasteiger partial charge in [-0.2, -0.15) is 0 Å². The first-order valence-electron chi connectivity index (χ1n) is 11.6. The maximum Gasteiger partial charge on any atom is 0.255 e. The summed E-state index contributed by atoms with van der Waals surface area (Å²) >= 11 is 2.23. The number of aromatic nitrogens is 1. The van der Waals surface area contributed by atoms with Crippen LogP contribution in [-0.2, 0) is 20.4 Å². The van der Waals surface area contributed by atoms with Crippen molar-refractivity contribution in [2.75, 3.05) is 44.4 Å². The largest absolute Gasteiger partial charge is 0.492 e. The monoisotopic (exact) mass is 634 g/mol. The van der Waals surface area contributed by atoms with Gasteiger partial charge in [0.05, 0.1) is 18.0 Å². The normalized spacial score (nSPS) is 14.2. The smallest absolute Gasteiger partial charge is 0.255 e. The average molecular weight is 634 g/mol. The van der Waals surface area contributed by atoms with Crippen molar-refractivity contribution >= 4 is 49.9 Å². The number of carbonyl (C=O) groups excluding carboxylic acids is 2. The van der Waals surface area contributed by atoms with Gasteiger partial charge in [0.2, 0.25) is 5.91 Å². The number of carbonyl (C=O) groups is 2. The van der Waals surface area contributed by atoms with Crippen LogP contribution in [0.25, 0.3) is 11.3 Å². The topological polar surface area (TPSA) is 118 Å². The molecule has 0 bridgehead atoms. The Morgan fingerprint density at radius 2 is 2.03 bits per heavy atom. The van der Waals surface area contributed by atoms with Crippen molar-refractivity contribution in [1.29, 1.82) is 0 Å². The lowest BCUT2D eigenvalue weighted by Gasteiger charge is -2.26. The van der Waals surface area contributed by atoms with Gasteiger partial charge in [0.15, 0.2) is 9.84 Å². The molecule has 0 saturated carbocycles. The van der Waals surface area contributed by atoms with Crippen LogP contribution in [0.5, 0.6) is 5.75 Å². The third-order valence-corrected chi connectivity index (χ3v) is 7.47. The van der Waals surface area contributed by atoms with E-state index in [1.54, 1.807) is 24.4 Å². The summed E-state index contributed by atoms with van der Waals surface area (Å²) in [5.41, 5.74) is 3.12. The van der Waals surface area contributed by atoms with E-state index in [2.05, 4.69) is 38.2 Å². The molecule has 3 aromatic rings. The Morgan fingerprint density at radius 1 is 1.19 bits per heavy atom. The summed E-state index contributed by atoms with van der Waals surface area (Å²) in [6.45, 7) is 2.33. The van der Waals surface area contributed by atoms with Crippen LogP contribution in [0.15, 0.2) is 60.8 Å². The Kier molecular flexibility index (Phi) is 8.77. The summed E-state index contributed by atoms with van der Waals surface area (Å²) in [4.78, 5) is 31.1. The highest BCUT2D eigenvalue weighted by Crippen LogP contribution is 2.28. The predicted molar refractivity (Wildman–Crippen MR) is 150 cm³/mol. The van der Waals surface area contributed by atoms with E-state index in [-0.39, 0.29) is 24.2 Å². The number of benzene rings is 2. The maximum absolute atomic E-state index is 13.1. The number of piperazine rings is 1. The van der Waals surface area contributed by atoms with E-state index in [1.807, 2.05) is 41.3 Å². The van der Waals surface area contributed by atoms with Crippen molar-refractivity contribution in [3.8, 4) is 17.0 Å². The first-order valence-corrected chi connectivity index (χ1v) is 14.8. The minimum absolute atomic E-state index is 0.0375. The van der Waals surface area contributed by atoms with Crippen molar-refractivity contribution in [2.45, 2.75) is 5.75 Å². The van der Waals surface area contributed by atoms with Gasteiger partial charge in [-0.25, -0.2) is 8.42 Å². The highest BCUT2D eigenvalue weighted by Gasteiger charge is 2.18. The van der Waals surface area contributed by atoms with Gasteiger partial charge in [-0.15, -0.1) is 0 Å². The molecule has 194 valence electrons. The molecule has 0 radical (unpaired) electrons. The number of amides is 2.